The topological polar surface area (TPSA) is 64.8 Å². The Morgan fingerprint density at radius 3 is 2.95 bits per heavy atom. The molecule has 0 saturated carbocycles. The van der Waals surface area contributed by atoms with Gasteiger partial charge in [-0.25, -0.2) is 0 Å². The van der Waals surface area contributed by atoms with Crippen LogP contribution in [0.1, 0.15) is 17.5 Å². The number of aromatic amines is 2. The number of aromatic nitrogens is 3. The maximum atomic E-state index is 12.2. The van der Waals surface area contributed by atoms with E-state index in [1.165, 1.54) is 10.9 Å². The molecule has 5 nitrogen and oxygen atoms in total. The zero-order chi connectivity index (χ0) is 14.7. The van der Waals surface area contributed by atoms with E-state index in [1.807, 2.05) is 37.6 Å². The summed E-state index contributed by atoms with van der Waals surface area (Å²) in [5.74, 6) is 0.140. The second-order valence-electron chi connectivity index (χ2n) is 5.22. The minimum atomic E-state index is 0.140. The zero-order valence-electron chi connectivity index (χ0n) is 12.0. The van der Waals surface area contributed by atoms with Crippen LogP contribution in [0, 0.1) is 0 Å². The number of benzene rings is 1. The number of hydrogen-bond donors (Lipinski definition) is 2. The highest BCUT2D eigenvalue weighted by molar-refractivity contribution is 5.84. The predicted molar refractivity (Wildman–Crippen MR) is 81.7 cm³/mol. The number of fused-ring (bicyclic) bond motifs is 1. The number of H-pyrrole nitrogens is 2. The number of carbonyl (C=O) groups is 1. The molecule has 21 heavy (non-hydrogen) atoms. The molecule has 0 fully saturated rings. The van der Waals surface area contributed by atoms with Gasteiger partial charge in [-0.3, -0.25) is 9.89 Å². The number of hydrogen-bond acceptors (Lipinski definition) is 2. The smallest absolute Gasteiger partial charge is 0.222 e. The van der Waals surface area contributed by atoms with Gasteiger partial charge in [-0.05, 0) is 18.1 Å². The highest BCUT2D eigenvalue weighted by Gasteiger charge is 2.11. The predicted octanol–water partition coefficient (Wildman–Crippen LogP) is 2.48. The molecule has 0 saturated heterocycles. The Morgan fingerprint density at radius 1 is 1.29 bits per heavy atom. The van der Waals surface area contributed by atoms with Crippen LogP contribution in [0.4, 0.5) is 0 Å². The average molecular weight is 282 g/mol. The van der Waals surface area contributed by atoms with Gasteiger partial charge in [-0.1, -0.05) is 18.2 Å². The van der Waals surface area contributed by atoms with E-state index in [4.69, 9.17) is 0 Å². The van der Waals surface area contributed by atoms with Crippen molar-refractivity contribution in [2.45, 2.75) is 19.4 Å². The molecule has 0 spiro atoms. The third-order valence-corrected chi connectivity index (χ3v) is 3.68. The lowest BCUT2D eigenvalue weighted by Gasteiger charge is -2.15. The van der Waals surface area contributed by atoms with Crippen LogP contribution in [0.25, 0.3) is 10.9 Å². The van der Waals surface area contributed by atoms with Crippen LogP contribution in [-0.4, -0.2) is 33.0 Å². The molecule has 0 aliphatic carbocycles. The van der Waals surface area contributed by atoms with E-state index in [-0.39, 0.29) is 5.91 Å². The summed E-state index contributed by atoms with van der Waals surface area (Å²) in [4.78, 5) is 17.2. The minimum Gasteiger partial charge on any atom is -0.361 e. The van der Waals surface area contributed by atoms with Gasteiger partial charge in [0.15, 0.2) is 0 Å². The number of rotatable bonds is 5. The first-order valence-electron chi connectivity index (χ1n) is 7.00. The van der Waals surface area contributed by atoms with Crippen molar-refractivity contribution in [2.24, 2.45) is 0 Å². The fraction of sp³-hybridized carbons (Fsp3) is 0.250. The van der Waals surface area contributed by atoms with Gasteiger partial charge in [-0.15, -0.1) is 0 Å². The third-order valence-electron chi connectivity index (χ3n) is 3.68. The largest absolute Gasteiger partial charge is 0.361 e. The molecule has 108 valence electrons. The Morgan fingerprint density at radius 2 is 2.14 bits per heavy atom. The van der Waals surface area contributed by atoms with Crippen molar-refractivity contribution in [3.05, 3.63) is 54.0 Å². The standard InChI is InChI=1S/C16H18N4O/c1-20(11-12-8-18-19-9-12)16(21)7-6-13-10-17-15-5-3-2-4-14(13)15/h2-5,8-10,17H,6-7,11H2,1H3,(H,18,19). The van der Waals surface area contributed by atoms with Crippen LogP contribution in [0.5, 0.6) is 0 Å². The fourth-order valence-electron chi connectivity index (χ4n) is 2.50. The number of nitrogens with zero attached hydrogens (tertiary/aromatic N) is 2. The summed E-state index contributed by atoms with van der Waals surface area (Å²) in [5, 5.41) is 7.84. The van der Waals surface area contributed by atoms with Crippen molar-refractivity contribution in [3.8, 4) is 0 Å². The number of amides is 1. The molecule has 2 heterocycles. The van der Waals surface area contributed by atoms with Crippen molar-refractivity contribution in [1.29, 1.82) is 0 Å². The van der Waals surface area contributed by atoms with Gasteiger partial charge in [0, 0.05) is 48.9 Å². The van der Waals surface area contributed by atoms with Gasteiger partial charge in [0.1, 0.15) is 0 Å². The Balaban J connectivity index is 1.60. The highest BCUT2D eigenvalue weighted by atomic mass is 16.2. The molecule has 3 rings (SSSR count). The van der Waals surface area contributed by atoms with Crippen molar-refractivity contribution in [2.75, 3.05) is 7.05 Å². The first-order valence-corrected chi connectivity index (χ1v) is 7.00. The first kappa shape index (κ1) is 13.4. The summed E-state index contributed by atoms with van der Waals surface area (Å²) in [6.45, 7) is 0.587. The second kappa shape index (κ2) is 5.83. The van der Waals surface area contributed by atoms with Crippen molar-refractivity contribution >= 4 is 16.8 Å². The highest BCUT2D eigenvalue weighted by Crippen LogP contribution is 2.19. The van der Waals surface area contributed by atoms with Crippen molar-refractivity contribution in [3.63, 3.8) is 0 Å². The van der Waals surface area contributed by atoms with Gasteiger partial charge in [0.05, 0.1) is 6.20 Å². The molecule has 0 radical (unpaired) electrons. The monoisotopic (exact) mass is 282 g/mol. The van der Waals surface area contributed by atoms with Crippen LogP contribution >= 0.6 is 0 Å². The first-order chi connectivity index (χ1) is 10.2. The van der Waals surface area contributed by atoms with E-state index in [2.05, 4.69) is 21.2 Å². The van der Waals surface area contributed by atoms with Crippen LogP contribution in [0.2, 0.25) is 0 Å². The van der Waals surface area contributed by atoms with Crippen molar-refractivity contribution < 1.29 is 4.79 Å². The molecule has 0 aliphatic rings. The summed E-state index contributed by atoms with van der Waals surface area (Å²) in [6, 6.07) is 8.16. The summed E-state index contributed by atoms with van der Waals surface area (Å²) >= 11 is 0. The molecule has 2 N–H and O–H groups in total. The minimum absolute atomic E-state index is 0.140. The normalized spacial score (nSPS) is 10.9. The Hall–Kier alpha value is -2.56. The molecule has 0 unspecified atom stereocenters. The molecule has 0 aliphatic heterocycles. The van der Waals surface area contributed by atoms with Crippen LogP contribution < -0.4 is 0 Å². The van der Waals surface area contributed by atoms with Gasteiger partial charge in [-0.2, -0.15) is 5.10 Å². The van der Waals surface area contributed by atoms with E-state index < -0.39 is 0 Å². The van der Waals surface area contributed by atoms with Gasteiger partial charge in [0.2, 0.25) is 5.91 Å². The lowest BCUT2D eigenvalue weighted by atomic mass is 10.1. The molecule has 1 amide bonds. The van der Waals surface area contributed by atoms with E-state index >= 15 is 0 Å². The van der Waals surface area contributed by atoms with Crippen LogP contribution in [0.3, 0.4) is 0 Å². The third kappa shape index (κ3) is 2.97. The maximum absolute atomic E-state index is 12.2. The second-order valence-corrected chi connectivity index (χ2v) is 5.22. The lowest BCUT2D eigenvalue weighted by Crippen LogP contribution is -2.26. The van der Waals surface area contributed by atoms with E-state index in [9.17, 15) is 4.79 Å². The Labute approximate surface area is 123 Å². The van der Waals surface area contributed by atoms with E-state index in [1.54, 1.807) is 11.1 Å². The Bertz CT molecular complexity index is 730. The SMILES string of the molecule is CN(Cc1cn[nH]c1)C(=O)CCc1c[nH]c2ccccc12. The molecule has 3 aromatic rings. The van der Waals surface area contributed by atoms with Gasteiger partial charge < -0.3 is 9.88 Å². The van der Waals surface area contributed by atoms with Crippen molar-refractivity contribution in [1.82, 2.24) is 20.1 Å². The average Bonchev–Trinajstić information content (AvgIpc) is 3.14. The lowest BCUT2D eigenvalue weighted by molar-refractivity contribution is -0.130. The Kier molecular flexibility index (Phi) is 3.73. The summed E-state index contributed by atoms with van der Waals surface area (Å²) in [6.07, 6.45) is 6.80. The number of nitrogens with one attached hydrogen (secondary N) is 2. The summed E-state index contributed by atoms with van der Waals surface area (Å²) in [5.41, 5.74) is 3.32. The number of aryl methyl sites for hydroxylation is 1. The molecule has 5 heteroatoms. The maximum Gasteiger partial charge on any atom is 0.222 e. The van der Waals surface area contributed by atoms with Crippen LogP contribution in [0.15, 0.2) is 42.9 Å². The van der Waals surface area contributed by atoms with Crippen LogP contribution in [-0.2, 0) is 17.8 Å². The van der Waals surface area contributed by atoms with E-state index in [0.29, 0.717) is 13.0 Å². The molecule has 2 aromatic heterocycles. The molecular weight excluding hydrogens is 264 g/mol. The number of carbonyl (C=O) groups excluding carboxylic acids is 1. The fourth-order valence-corrected chi connectivity index (χ4v) is 2.50. The zero-order valence-corrected chi connectivity index (χ0v) is 12.0. The molecule has 0 bridgehead atoms. The summed E-state index contributed by atoms with van der Waals surface area (Å²) in [7, 11) is 1.82. The molecular formula is C16H18N4O. The number of para-hydroxylation sites is 1. The van der Waals surface area contributed by atoms with Gasteiger partial charge in [0.25, 0.3) is 0 Å². The molecule has 0 atom stereocenters. The quantitative estimate of drug-likeness (QED) is 0.755. The van der Waals surface area contributed by atoms with Gasteiger partial charge >= 0.3 is 0 Å². The van der Waals surface area contributed by atoms with E-state index in [0.717, 1.165) is 17.5 Å². The summed E-state index contributed by atoms with van der Waals surface area (Å²) < 4.78 is 0. The molecule has 1 aromatic carbocycles.